The molecule has 5 rings (SSSR count). The normalized spacial score (nSPS) is 21.8. The van der Waals surface area contributed by atoms with Crippen LogP contribution in [0.15, 0.2) is 54.6 Å². The molecule has 3 aliphatic heterocycles. The van der Waals surface area contributed by atoms with Gasteiger partial charge in [0.2, 0.25) is 11.8 Å². The second-order valence-electron chi connectivity index (χ2n) is 9.87. The topological polar surface area (TPSA) is 43.9 Å². The highest BCUT2D eigenvalue weighted by Gasteiger charge is 2.37. The van der Waals surface area contributed by atoms with E-state index < -0.39 is 0 Å². The molecular formula is C28H35N3O2. The minimum Gasteiger partial charge on any atom is -0.342 e. The standard InChI is InChI=1S/C28H35N3O2/c32-26(29-17-12-23(13-18-29)20-22-8-2-1-3-9-22)21-31-19-14-24-10-4-5-11-25(24)27(31)28(33)30-15-6-7-16-30/h1-5,8-11,23,27H,6-7,12-21H2/t27-/m1/s1. The second kappa shape index (κ2) is 10.1. The molecule has 0 aromatic heterocycles. The molecular weight excluding hydrogens is 410 g/mol. The van der Waals surface area contributed by atoms with Crippen molar-refractivity contribution in [3.8, 4) is 0 Å². The molecule has 0 aliphatic carbocycles. The molecule has 0 N–H and O–H groups in total. The van der Waals surface area contributed by atoms with Crippen LogP contribution < -0.4 is 0 Å². The van der Waals surface area contributed by atoms with Gasteiger partial charge in [-0.1, -0.05) is 54.6 Å². The zero-order chi connectivity index (χ0) is 22.6. The maximum Gasteiger partial charge on any atom is 0.244 e. The summed E-state index contributed by atoms with van der Waals surface area (Å²) in [5, 5.41) is 0. The molecule has 5 nitrogen and oxygen atoms in total. The second-order valence-corrected chi connectivity index (χ2v) is 9.87. The highest BCUT2D eigenvalue weighted by Crippen LogP contribution is 2.32. The molecule has 0 saturated carbocycles. The van der Waals surface area contributed by atoms with Crippen molar-refractivity contribution in [3.63, 3.8) is 0 Å². The van der Waals surface area contributed by atoms with Gasteiger partial charge in [-0.3, -0.25) is 14.5 Å². The van der Waals surface area contributed by atoms with Gasteiger partial charge in [0.05, 0.1) is 6.54 Å². The van der Waals surface area contributed by atoms with Gasteiger partial charge in [0.25, 0.3) is 0 Å². The maximum atomic E-state index is 13.5. The number of nitrogens with zero attached hydrogens (tertiary/aromatic N) is 3. The van der Waals surface area contributed by atoms with Crippen molar-refractivity contribution in [1.29, 1.82) is 0 Å². The van der Waals surface area contributed by atoms with E-state index in [0.29, 0.717) is 12.5 Å². The highest BCUT2D eigenvalue weighted by atomic mass is 16.2. The van der Waals surface area contributed by atoms with Crippen LogP contribution in [-0.2, 0) is 22.4 Å². The zero-order valence-electron chi connectivity index (χ0n) is 19.5. The summed E-state index contributed by atoms with van der Waals surface area (Å²) in [4.78, 5) is 33.0. The molecule has 0 radical (unpaired) electrons. The van der Waals surface area contributed by atoms with Crippen LogP contribution in [0, 0.1) is 5.92 Å². The minimum atomic E-state index is -0.326. The van der Waals surface area contributed by atoms with Crippen LogP contribution in [0.25, 0.3) is 0 Å². The van der Waals surface area contributed by atoms with E-state index in [4.69, 9.17) is 0 Å². The van der Waals surface area contributed by atoms with Gasteiger partial charge in [0.15, 0.2) is 0 Å². The predicted octanol–water partition coefficient (Wildman–Crippen LogP) is 3.69. The fourth-order valence-electron chi connectivity index (χ4n) is 5.80. The third kappa shape index (κ3) is 4.98. The SMILES string of the molecule is O=C(CN1CCc2ccccc2[C@@H]1C(=O)N1CCCC1)N1CCC(Cc2ccccc2)CC1. The van der Waals surface area contributed by atoms with Crippen molar-refractivity contribution in [2.24, 2.45) is 5.92 Å². The summed E-state index contributed by atoms with van der Waals surface area (Å²) in [6, 6.07) is 18.6. The third-order valence-corrected chi connectivity index (χ3v) is 7.71. The van der Waals surface area contributed by atoms with Crippen LogP contribution in [0.5, 0.6) is 0 Å². The zero-order valence-corrected chi connectivity index (χ0v) is 19.5. The van der Waals surface area contributed by atoms with E-state index in [9.17, 15) is 9.59 Å². The van der Waals surface area contributed by atoms with E-state index in [1.165, 1.54) is 11.1 Å². The van der Waals surface area contributed by atoms with Crippen molar-refractivity contribution in [2.75, 3.05) is 39.3 Å². The number of hydrogen-bond donors (Lipinski definition) is 0. The Balaban J connectivity index is 1.23. The summed E-state index contributed by atoms with van der Waals surface area (Å²) < 4.78 is 0. The number of rotatable bonds is 5. The van der Waals surface area contributed by atoms with Crippen molar-refractivity contribution >= 4 is 11.8 Å². The average Bonchev–Trinajstić information content (AvgIpc) is 3.40. The Hall–Kier alpha value is -2.66. The summed E-state index contributed by atoms with van der Waals surface area (Å²) in [7, 11) is 0. The van der Waals surface area contributed by atoms with Crippen LogP contribution in [0.4, 0.5) is 0 Å². The van der Waals surface area contributed by atoms with Crippen LogP contribution >= 0.6 is 0 Å². The summed E-state index contributed by atoms with van der Waals surface area (Å²) >= 11 is 0. The number of amides is 2. The predicted molar refractivity (Wildman–Crippen MR) is 130 cm³/mol. The first-order valence-corrected chi connectivity index (χ1v) is 12.6. The molecule has 174 valence electrons. The molecule has 2 fully saturated rings. The largest absolute Gasteiger partial charge is 0.342 e. The van der Waals surface area contributed by atoms with Crippen molar-refractivity contribution in [1.82, 2.24) is 14.7 Å². The number of fused-ring (bicyclic) bond motifs is 1. The molecule has 2 aromatic rings. The number of hydrogen-bond acceptors (Lipinski definition) is 3. The molecule has 0 spiro atoms. The van der Waals surface area contributed by atoms with Crippen molar-refractivity contribution in [3.05, 3.63) is 71.3 Å². The first-order chi connectivity index (χ1) is 16.2. The van der Waals surface area contributed by atoms with E-state index in [0.717, 1.165) is 76.8 Å². The lowest BCUT2D eigenvalue weighted by molar-refractivity contribution is -0.140. The van der Waals surface area contributed by atoms with E-state index in [-0.39, 0.29) is 17.9 Å². The maximum absolute atomic E-state index is 13.5. The monoisotopic (exact) mass is 445 g/mol. The number of benzene rings is 2. The molecule has 3 aliphatic rings. The molecule has 2 amide bonds. The van der Waals surface area contributed by atoms with E-state index in [1.54, 1.807) is 0 Å². The molecule has 33 heavy (non-hydrogen) atoms. The van der Waals surface area contributed by atoms with Gasteiger partial charge >= 0.3 is 0 Å². The number of carbonyl (C=O) groups is 2. The van der Waals surface area contributed by atoms with Gasteiger partial charge in [-0.05, 0) is 61.1 Å². The van der Waals surface area contributed by atoms with Crippen LogP contribution in [0.2, 0.25) is 0 Å². The quantitative estimate of drug-likeness (QED) is 0.705. The van der Waals surface area contributed by atoms with E-state index in [1.807, 2.05) is 15.9 Å². The van der Waals surface area contributed by atoms with Gasteiger partial charge < -0.3 is 9.80 Å². The van der Waals surface area contributed by atoms with Crippen molar-refractivity contribution in [2.45, 2.75) is 44.6 Å². The molecule has 2 saturated heterocycles. The fourth-order valence-corrected chi connectivity index (χ4v) is 5.80. The van der Waals surface area contributed by atoms with Crippen LogP contribution in [0.1, 0.15) is 48.4 Å². The van der Waals surface area contributed by atoms with Gasteiger partial charge in [-0.2, -0.15) is 0 Å². The average molecular weight is 446 g/mol. The van der Waals surface area contributed by atoms with Gasteiger partial charge in [0, 0.05) is 32.7 Å². The molecule has 5 heteroatoms. The Kier molecular flexibility index (Phi) is 6.77. The lowest BCUT2D eigenvalue weighted by Crippen LogP contribution is -2.50. The van der Waals surface area contributed by atoms with Gasteiger partial charge in [-0.15, -0.1) is 0 Å². The Morgan fingerprint density at radius 2 is 1.48 bits per heavy atom. The lowest BCUT2D eigenvalue weighted by atomic mass is 9.90. The Morgan fingerprint density at radius 3 is 2.24 bits per heavy atom. The lowest BCUT2D eigenvalue weighted by Gasteiger charge is -2.39. The molecule has 3 heterocycles. The first-order valence-electron chi connectivity index (χ1n) is 12.6. The number of likely N-dealkylation sites (tertiary alicyclic amines) is 2. The van der Waals surface area contributed by atoms with Crippen LogP contribution in [0.3, 0.4) is 0 Å². The summed E-state index contributed by atoms with van der Waals surface area (Å²) in [6.07, 6.45) is 6.26. The molecule has 2 aromatic carbocycles. The Bertz CT molecular complexity index is 962. The van der Waals surface area contributed by atoms with Crippen LogP contribution in [-0.4, -0.2) is 65.8 Å². The van der Waals surface area contributed by atoms with E-state index in [2.05, 4.69) is 53.4 Å². The smallest absolute Gasteiger partial charge is 0.244 e. The summed E-state index contributed by atoms with van der Waals surface area (Å²) in [5.74, 6) is 0.989. The summed E-state index contributed by atoms with van der Waals surface area (Å²) in [5.41, 5.74) is 3.73. The Labute approximate surface area is 197 Å². The first kappa shape index (κ1) is 22.1. The van der Waals surface area contributed by atoms with E-state index >= 15 is 0 Å². The van der Waals surface area contributed by atoms with Gasteiger partial charge in [-0.25, -0.2) is 0 Å². The minimum absolute atomic E-state index is 0.173. The van der Waals surface area contributed by atoms with Crippen molar-refractivity contribution < 1.29 is 9.59 Å². The third-order valence-electron chi connectivity index (χ3n) is 7.71. The highest BCUT2D eigenvalue weighted by molar-refractivity contribution is 5.86. The number of carbonyl (C=O) groups excluding carboxylic acids is 2. The molecule has 1 atom stereocenters. The van der Waals surface area contributed by atoms with Gasteiger partial charge in [0.1, 0.15) is 6.04 Å². The Morgan fingerprint density at radius 1 is 0.788 bits per heavy atom. The fraction of sp³-hybridized carbons (Fsp3) is 0.500. The number of piperidine rings is 1. The summed E-state index contributed by atoms with van der Waals surface area (Å²) in [6.45, 7) is 4.43. The molecule has 0 bridgehead atoms. The molecule has 0 unspecified atom stereocenters.